The van der Waals surface area contributed by atoms with Crippen LogP contribution in [0, 0.1) is 5.92 Å². The van der Waals surface area contributed by atoms with Crippen molar-refractivity contribution < 1.29 is 32.9 Å². The third-order valence-corrected chi connectivity index (χ3v) is 5.60. The van der Waals surface area contributed by atoms with Gasteiger partial charge in [-0.05, 0) is 45.8 Å². The van der Waals surface area contributed by atoms with E-state index in [2.05, 4.69) is 21.2 Å². The smallest absolute Gasteiger partial charge is 0.437 e. The molecule has 1 fully saturated rings. The third kappa shape index (κ3) is 3.84. The van der Waals surface area contributed by atoms with Gasteiger partial charge in [0.15, 0.2) is 22.4 Å². The first-order chi connectivity index (χ1) is 14.0. The minimum absolute atomic E-state index is 0.0172. The standard InChI is InChI=1S/C19H16BrF3N2O4S/c1-29-12-8-10(7-11(20)16(12)27)14-13(15(26)9-5-3-2-4-6-9)18(28,19(21,22)23)25-17(30)24-14/h2-8,13-14,27-28H,1H3,(H2,24,25,30)/t13-,14+,18+/m1/s1. The fourth-order valence-corrected chi connectivity index (χ4v) is 4.07. The van der Waals surface area contributed by atoms with Crippen molar-refractivity contribution in [1.29, 1.82) is 0 Å². The Bertz CT molecular complexity index is 990. The maximum Gasteiger partial charge on any atom is 0.437 e. The summed E-state index contributed by atoms with van der Waals surface area (Å²) < 4.78 is 47.1. The Kier molecular flexibility index (Phi) is 5.99. The van der Waals surface area contributed by atoms with Crippen LogP contribution in [0.3, 0.4) is 0 Å². The number of aromatic hydroxyl groups is 1. The molecule has 3 rings (SSSR count). The van der Waals surface area contributed by atoms with Crippen LogP contribution in [0.2, 0.25) is 0 Å². The van der Waals surface area contributed by atoms with Gasteiger partial charge in [0.05, 0.1) is 17.6 Å². The molecule has 11 heteroatoms. The van der Waals surface area contributed by atoms with Crippen LogP contribution in [0.1, 0.15) is 22.0 Å². The molecule has 0 spiro atoms. The van der Waals surface area contributed by atoms with Crippen LogP contribution in [0.25, 0.3) is 0 Å². The predicted molar refractivity (Wildman–Crippen MR) is 109 cm³/mol. The van der Waals surface area contributed by atoms with Crippen molar-refractivity contribution >= 4 is 39.0 Å². The van der Waals surface area contributed by atoms with Crippen molar-refractivity contribution in [3.8, 4) is 11.5 Å². The second-order valence-corrected chi connectivity index (χ2v) is 7.86. The van der Waals surface area contributed by atoms with Gasteiger partial charge in [-0.1, -0.05) is 30.3 Å². The van der Waals surface area contributed by atoms with E-state index in [1.165, 1.54) is 43.5 Å². The highest BCUT2D eigenvalue weighted by atomic mass is 79.9. The van der Waals surface area contributed by atoms with E-state index in [-0.39, 0.29) is 27.1 Å². The fraction of sp³-hybridized carbons (Fsp3) is 0.263. The fourth-order valence-electron chi connectivity index (χ4n) is 3.33. The summed E-state index contributed by atoms with van der Waals surface area (Å²) >= 11 is 8.00. The van der Waals surface area contributed by atoms with Crippen LogP contribution in [0.5, 0.6) is 11.5 Å². The van der Waals surface area contributed by atoms with E-state index in [4.69, 9.17) is 17.0 Å². The minimum atomic E-state index is -5.23. The van der Waals surface area contributed by atoms with Gasteiger partial charge < -0.3 is 25.6 Å². The Balaban J connectivity index is 2.22. The highest BCUT2D eigenvalue weighted by Gasteiger charge is 2.65. The molecule has 1 aliphatic heterocycles. The van der Waals surface area contributed by atoms with E-state index in [1.807, 2.05) is 5.32 Å². The van der Waals surface area contributed by atoms with Crippen molar-refractivity contribution in [2.45, 2.75) is 17.9 Å². The van der Waals surface area contributed by atoms with Gasteiger partial charge in [-0.25, -0.2) is 0 Å². The number of alkyl halides is 3. The Morgan fingerprint density at radius 2 is 1.90 bits per heavy atom. The molecule has 0 radical (unpaired) electrons. The van der Waals surface area contributed by atoms with Crippen molar-refractivity contribution in [1.82, 2.24) is 10.6 Å². The summed E-state index contributed by atoms with van der Waals surface area (Å²) in [6.07, 6.45) is -5.23. The molecule has 30 heavy (non-hydrogen) atoms. The van der Waals surface area contributed by atoms with Crippen LogP contribution in [0.4, 0.5) is 13.2 Å². The molecule has 1 heterocycles. The Morgan fingerprint density at radius 1 is 1.27 bits per heavy atom. The second-order valence-electron chi connectivity index (χ2n) is 6.60. The molecule has 1 aliphatic rings. The van der Waals surface area contributed by atoms with Gasteiger partial charge in [-0.3, -0.25) is 4.79 Å². The number of rotatable bonds is 4. The largest absolute Gasteiger partial charge is 0.503 e. The number of hydrogen-bond acceptors (Lipinski definition) is 5. The van der Waals surface area contributed by atoms with E-state index >= 15 is 0 Å². The molecule has 0 aromatic heterocycles. The summed E-state index contributed by atoms with van der Waals surface area (Å²) in [5.41, 5.74) is -3.52. The zero-order valence-electron chi connectivity index (χ0n) is 15.3. The van der Waals surface area contributed by atoms with Crippen molar-refractivity contribution in [3.63, 3.8) is 0 Å². The maximum absolute atomic E-state index is 14.0. The SMILES string of the molecule is COc1cc([C@@H]2NC(=S)N[C@@](O)(C(F)(F)F)[C@H]2C(=O)c2ccccc2)cc(Br)c1O. The molecular formula is C19H16BrF3N2O4S. The number of benzene rings is 2. The number of Topliss-reactive ketones (excluding diaryl/α,β-unsaturated/α-hetero) is 1. The lowest BCUT2D eigenvalue weighted by Crippen LogP contribution is -2.72. The number of ketones is 1. The first-order valence-electron chi connectivity index (χ1n) is 8.53. The number of ether oxygens (including phenoxy) is 1. The molecule has 0 bridgehead atoms. The number of methoxy groups -OCH3 is 1. The van der Waals surface area contributed by atoms with Gasteiger partial charge >= 0.3 is 6.18 Å². The molecule has 2 aromatic rings. The lowest BCUT2D eigenvalue weighted by molar-refractivity contribution is -0.285. The van der Waals surface area contributed by atoms with Gasteiger partial charge in [0.1, 0.15) is 5.92 Å². The summed E-state index contributed by atoms with van der Waals surface area (Å²) in [5, 5.41) is 24.7. The lowest BCUT2D eigenvalue weighted by Gasteiger charge is -2.46. The van der Waals surface area contributed by atoms with Crippen LogP contribution in [-0.2, 0) is 0 Å². The number of nitrogens with one attached hydrogen (secondary N) is 2. The molecule has 3 atom stereocenters. The highest BCUT2D eigenvalue weighted by molar-refractivity contribution is 9.10. The summed E-state index contributed by atoms with van der Waals surface area (Å²) in [4.78, 5) is 13.2. The van der Waals surface area contributed by atoms with E-state index in [1.54, 1.807) is 6.07 Å². The molecule has 0 saturated carbocycles. The number of aliphatic hydroxyl groups is 1. The van der Waals surface area contributed by atoms with Crippen molar-refractivity contribution in [2.75, 3.05) is 7.11 Å². The Hall–Kier alpha value is -2.37. The van der Waals surface area contributed by atoms with Crippen LogP contribution in [-0.4, -0.2) is 40.1 Å². The zero-order valence-corrected chi connectivity index (χ0v) is 17.7. The average molecular weight is 505 g/mol. The lowest BCUT2D eigenvalue weighted by atomic mass is 9.77. The van der Waals surface area contributed by atoms with E-state index < -0.39 is 34.8 Å². The molecule has 0 unspecified atom stereocenters. The zero-order chi connectivity index (χ0) is 22.3. The molecule has 1 saturated heterocycles. The normalized spacial score (nSPS) is 24.0. The molecule has 2 aromatic carbocycles. The topological polar surface area (TPSA) is 90.8 Å². The van der Waals surface area contributed by atoms with Gasteiger partial charge in [0, 0.05) is 5.56 Å². The van der Waals surface area contributed by atoms with Crippen LogP contribution >= 0.6 is 28.1 Å². The summed E-state index contributed by atoms with van der Waals surface area (Å²) in [6.45, 7) is 0. The van der Waals surface area contributed by atoms with Gasteiger partial charge in [0.25, 0.3) is 0 Å². The molecule has 0 aliphatic carbocycles. The van der Waals surface area contributed by atoms with Crippen LogP contribution < -0.4 is 15.4 Å². The second kappa shape index (κ2) is 8.05. The maximum atomic E-state index is 14.0. The van der Waals surface area contributed by atoms with E-state index in [9.17, 15) is 28.2 Å². The van der Waals surface area contributed by atoms with Gasteiger partial charge in [-0.15, -0.1) is 0 Å². The van der Waals surface area contributed by atoms with Gasteiger partial charge in [0.2, 0.25) is 5.72 Å². The number of thiocarbonyl (C=S) groups is 1. The minimum Gasteiger partial charge on any atom is -0.503 e. The first kappa shape index (κ1) is 22.3. The number of carbonyl (C=O) groups excluding carboxylic acids is 1. The molecular weight excluding hydrogens is 489 g/mol. The molecule has 6 nitrogen and oxygen atoms in total. The van der Waals surface area contributed by atoms with Crippen LogP contribution in [0.15, 0.2) is 46.9 Å². The predicted octanol–water partition coefficient (Wildman–Crippen LogP) is 3.43. The van der Waals surface area contributed by atoms with Gasteiger partial charge in [-0.2, -0.15) is 13.2 Å². The third-order valence-electron chi connectivity index (χ3n) is 4.78. The number of phenolic OH excluding ortho intramolecular Hbond substituents is 1. The summed E-state index contributed by atoms with van der Waals surface area (Å²) in [7, 11) is 1.27. The molecule has 0 amide bonds. The van der Waals surface area contributed by atoms with E-state index in [0.29, 0.717) is 0 Å². The summed E-state index contributed by atoms with van der Waals surface area (Å²) in [5.74, 6) is -3.30. The van der Waals surface area contributed by atoms with E-state index in [0.717, 1.165) is 0 Å². The number of carbonyl (C=O) groups is 1. The van der Waals surface area contributed by atoms with Crippen molar-refractivity contribution in [2.24, 2.45) is 5.92 Å². The highest BCUT2D eigenvalue weighted by Crippen LogP contribution is 2.46. The summed E-state index contributed by atoms with van der Waals surface area (Å²) in [6, 6.07) is 8.54. The number of hydrogen-bond donors (Lipinski definition) is 4. The average Bonchev–Trinajstić information content (AvgIpc) is 2.68. The quantitative estimate of drug-likeness (QED) is 0.374. The number of phenols is 1. The molecule has 160 valence electrons. The monoisotopic (exact) mass is 504 g/mol. The number of halogens is 4. The first-order valence-corrected chi connectivity index (χ1v) is 9.73. The van der Waals surface area contributed by atoms with Crippen molar-refractivity contribution in [3.05, 3.63) is 58.1 Å². The molecule has 4 N–H and O–H groups in total. The Morgan fingerprint density at radius 3 is 2.47 bits per heavy atom. The Labute approximate surface area is 183 Å².